The minimum atomic E-state index is -0.679. The zero-order chi connectivity index (χ0) is 22.6. The zero-order valence-electron chi connectivity index (χ0n) is 20.1. The Labute approximate surface area is 188 Å². The molecule has 4 fully saturated rings. The van der Waals surface area contributed by atoms with Crippen molar-refractivity contribution in [1.82, 2.24) is 0 Å². The van der Waals surface area contributed by atoms with E-state index in [1.165, 1.54) is 25.7 Å². The predicted molar refractivity (Wildman–Crippen MR) is 121 cm³/mol. The summed E-state index contributed by atoms with van der Waals surface area (Å²) in [5.74, 6) is 2.72. The molecule has 0 bridgehead atoms. The zero-order valence-corrected chi connectivity index (χ0v) is 20.1. The Morgan fingerprint density at radius 1 is 1.06 bits per heavy atom. The van der Waals surface area contributed by atoms with E-state index >= 15 is 0 Å². The highest BCUT2D eigenvalue weighted by molar-refractivity contribution is 5.79. The maximum absolute atomic E-state index is 12.1. The summed E-state index contributed by atoms with van der Waals surface area (Å²) < 4.78 is 0. The number of hydrogen-bond donors (Lipinski definition) is 2. The molecule has 4 nitrogen and oxygen atoms in total. The number of ketones is 1. The molecule has 0 aromatic heterocycles. The lowest BCUT2D eigenvalue weighted by Crippen LogP contribution is -2.58. The van der Waals surface area contributed by atoms with E-state index in [1.54, 1.807) is 0 Å². The number of aliphatic carboxylic acids is 1. The predicted octanol–water partition coefficient (Wildman–Crippen LogP) is 5.71. The van der Waals surface area contributed by atoms with E-state index in [-0.39, 0.29) is 17.4 Å². The summed E-state index contributed by atoms with van der Waals surface area (Å²) in [4.78, 5) is 23.3. The van der Waals surface area contributed by atoms with Gasteiger partial charge in [-0.2, -0.15) is 0 Å². The van der Waals surface area contributed by atoms with E-state index in [1.807, 2.05) is 6.92 Å². The fraction of sp³-hybridized carbons (Fsp3) is 0.926. The quantitative estimate of drug-likeness (QED) is 0.563. The number of aliphatic hydroxyl groups is 1. The lowest BCUT2D eigenvalue weighted by Gasteiger charge is -2.62. The fourth-order valence-corrected chi connectivity index (χ4v) is 9.06. The van der Waals surface area contributed by atoms with Crippen LogP contribution in [0.2, 0.25) is 0 Å². The summed E-state index contributed by atoms with van der Waals surface area (Å²) in [6, 6.07) is 0. The molecule has 31 heavy (non-hydrogen) atoms. The van der Waals surface area contributed by atoms with E-state index in [4.69, 9.17) is 5.11 Å². The van der Waals surface area contributed by atoms with Crippen molar-refractivity contribution in [1.29, 1.82) is 0 Å². The average molecular weight is 433 g/mol. The van der Waals surface area contributed by atoms with Gasteiger partial charge in [0.05, 0.1) is 12.0 Å². The Bertz CT molecular complexity index is 703. The first-order chi connectivity index (χ1) is 14.6. The Balaban J connectivity index is 1.46. The van der Waals surface area contributed by atoms with Crippen molar-refractivity contribution in [2.24, 2.45) is 52.3 Å². The molecule has 0 spiro atoms. The van der Waals surface area contributed by atoms with Crippen LogP contribution in [0.1, 0.15) is 98.3 Å². The first-order valence-electron chi connectivity index (χ1n) is 13.0. The monoisotopic (exact) mass is 432 g/mol. The molecule has 176 valence electrons. The highest BCUT2D eigenvalue weighted by atomic mass is 16.4. The standard InChI is InChI=1S/C27H44O4/c1-16(6-5-7-17(2)25(30)31)20-8-9-21-24-22(11-13-27(20,21)4)26(3)12-10-19(28)14-18(26)15-23(24)29/h16-18,20-24,29H,5-15H2,1-4H3,(H,30,31)/t16-,17?,18?,20-,21+,22+,23-,24+,26+,27-/m1/s1. The molecule has 4 heteroatoms. The van der Waals surface area contributed by atoms with Crippen LogP contribution < -0.4 is 0 Å². The molecular formula is C27H44O4. The van der Waals surface area contributed by atoms with Crippen LogP contribution in [0.5, 0.6) is 0 Å². The van der Waals surface area contributed by atoms with Crippen LogP contribution in [-0.4, -0.2) is 28.1 Å². The third-order valence-corrected chi connectivity index (χ3v) is 11.0. The van der Waals surface area contributed by atoms with Crippen LogP contribution in [0.15, 0.2) is 0 Å². The molecule has 0 aliphatic heterocycles. The molecular weight excluding hydrogens is 388 g/mol. The van der Waals surface area contributed by atoms with Crippen molar-refractivity contribution < 1.29 is 19.8 Å². The van der Waals surface area contributed by atoms with Gasteiger partial charge in [-0.3, -0.25) is 9.59 Å². The number of carboxylic acid groups (broad SMARTS) is 1. The number of Topliss-reactive ketones (excluding diaryl/α,β-unsaturated/α-hetero) is 1. The van der Waals surface area contributed by atoms with Crippen LogP contribution in [0.4, 0.5) is 0 Å². The third-order valence-electron chi connectivity index (χ3n) is 11.0. The van der Waals surface area contributed by atoms with Gasteiger partial charge in [-0.15, -0.1) is 0 Å². The number of carboxylic acids is 1. The fourth-order valence-electron chi connectivity index (χ4n) is 9.06. The van der Waals surface area contributed by atoms with Crippen molar-refractivity contribution in [3.63, 3.8) is 0 Å². The van der Waals surface area contributed by atoms with Gasteiger partial charge in [0.1, 0.15) is 5.78 Å². The molecule has 2 N–H and O–H groups in total. The van der Waals surface area contributed by atoms with E-state index in [9.17, 15) is 14.7 Å². The van der Waals surface area contributed by atoms with Crippen LogP contribution in [0, 0.1) is 52.3 Å². The SMILES string of the molecule is CC(CCC[C@@H](C)[C@H]1CC[C@H]2[C@@H]3[C@H](O)CC4CC(=O)CC[C@]4(C)[C@H]3CC[C@]12C)C(=O)O. The summed E-state index contributed by atoms with van der Waals surface area (Å²) in [5.41, 5.74) is 0.531. The minimum Gasteiger partial charge on any atom is -0.481 e. The van der Waals surface area contributed by atoms with Gasteiger partial charge in [0, 0.05) is 12.8 Å². The molecule has 0 heterocycles. The van der Waals surface area contributed by atoms with Crippen molar-refractivity contribution in [2.75, 3.05) is 0 Å². The van der Waals surface area contributed by atoms with E-state index in [0.29, 0.717) is 53.1 Å². The lowest BCUT2D eigenvalue weighted by molar-refractivity contribution is -0.168. The van der Waals surface area contributed by atoms with Gasteiger partial charge in [0.25, 0.3) is 0 Å². The van der Waals surface area contributed by atoms with Crippen molar-refractivity contribution in [2.45, 2.75) is 104 Å². The number of rotatable bonds is 6. The normalized spacial score (nSPS) is 46.5. The highest BCUT2D eigenvalue weighted by Crippen LogP contribution is 2.68. The molecule has 0 saturated heterocycles. The molecule has 0 radical (unpaired) electrons. The van der Waals surface area contributed by atoms with Gasteiger partial charge in [0.2, 0.25) is 0 Å². The summed E-state index contributed by atoms with van der Waals surface area (Å²) in [5, 5.41) is 20.5. The summed E-state index contributed by atoms with van der Waals surface area (Å²) >= 11 is 0. The molecule has 0 aromatic rings. The molecule has 4 rings (SSSR count). The van der Waals surface area contributed by atoms with E-state index < -0.39 is 5.97 Å². The first kappa shape index (κ1) is 23.3. The largest absolute Gasteiger partial charge is 0.481 e. The Kier molecular flexibility index (Phi) is 6.35. The van der Waals surface area contributed by atoms with E-state index in [0.717, 1.165) is 38.5 Å². The smallest absolute Gasteiger partial charge is 0.306 e. The second-order valence-corrected chi connectivity index (χ2v) is 12.4. The lowest BCUT2D eigenvalue weighted by atomic mass is 9.44. The molecule has 4 saturated carbocycles. The molecule has 0 aromatic carbocycles. The summed E-state index contributed by atoms with van der Waals surface area (Å²) in [7, 11) is 0. The van der Waals surface area contributed by atoms with Gasteiger partial charge < -0.3 is 10.2 Å². The van der Waals surface area contributed by atoms with Crippen molar-refractivity contribution >= 4 is 11.8 Å². The van der Waals surface area contributed by atoms with Crippen LogP contribution in [-0.2, 0) is 9.59 Å². The Morgan fingerprint density at radius 3 is 2.48 bits per heavy atom. The second-order valence-electron chi connectivity index (χ2n) is 12.4. The summed E-state index contributed by atoms with van der Waals surface area (Å²) in [6.45, 7) is 9.15. The first-order valence-corrected chi connectivity index (χ1v) is 13.0. The minimum absolute atomic E-state index is 0.232. The van der Waals surface area contributed by atoms with Crippen molar-refractivity contribution in [3.8, 4) is 0 Å². The number of hydrogen-bond acceptors (Lipinski definition) is 3. The molecule has 4 aliphatic rings. The van der Waals surface area contributed by atoms with Gasteiger partial charge in [-0.1, -0.05) is 40.5 Å². The summed E-state index contributed by atoms with van der Waals surface area (Å²) in [6.07, 6.45) is 10.8. The van der Waals surface area contributed by atoms with Crippen LogP contribution in [0.25, 0.3) is 0 Å². The molecule has 0 amide bonds. The van der Waals surface area contributed by atoms with Crippen LogP contribution in [0.3, 0.4) is 0 Å². The number of carbonyl (C=O) groups is 2. The van der Waals surface area contributed by atoms with Gasteiger partial charge in [-0.05, 0) is 91.3 Å². The average Bonchev–Trinajstić information content (AvgIpc) is 3.06. The van der Waals surface area contributed by atoms with Gasteiger partial charge >= 0.3 is 5.97 Å². The highest BCUT2D eigenvalue weighted by Gasteiger charge is 2.62. The Hall–Kier alpha value is -0.900. The topological polar surface area (TPSA) is 74.6 Å². The number of carbonyl (C=O) groups excluding carboxylic acids is 1. The van der Waals surface area contributed by atoms with E-state index in [2.05, 4.69) is 20.8 Å². The van der Waals surface area contributed by atoms with Crippen LogP contribution >= 0.6 is 0 Å². The molecule has 2 unspecified atom stereocenters. The molecule has 4 aliphatic carbocycles. The molecule has 10 atom stereocenters. The number of aliphatic hydroxyl groups excluding tert-OH is 1. The Morgan fingerprint density at radius 2 is 1.77 bits per heavy atom. The van der Waals surface area contributed by atoms with Crippen molar-refractivity contribution in [3.05, 3.63) is 0 Å². The van der Waals surface area contributed by atoms with Gasteiger partial charge in [0.15, 0.2) is 0 Å². The third kappa shape index (κ3) is 3.89. The van der Waals surface area contributed by atoms with Gasteiger partial charge in [-0.25, -0.2) is 0 Å². The number of fused-ring (bicyclic) bond motifs is 5. The maximum Gasteiger partial charge on any atom is 0.306 e. The second kappa shape index (κ2) is 8.47. The maximum atomic E-state index is 12.1.